The second kappa shape index (κ2) is 10.1. The van der Waals surface area contributed by atoms with Crippen LogP contribution in [0.4, 0.5) is 27.6 Å². The minimum absolute atomic E-state index is 0.120. The van der Waals surface area contributed by atoms with E-state index < -0.39 is 23.5 Å². The Hall–Kier alpha value is -3.46. The van der Waals surface area contributed by atoms with Crippen molar-refractivity contribution in [2.75, 3.05) is 24.5 Å². The Morgan fingerprint density at radius 2 is 1.70 bits per heavy atom. The number of amides is 1. The number of fused-ring (bicyclic) bond motifs is 3. The number of anilines is 1. The summed E-state index contributed by atoms with van der Waals surface area (Å²) in [6.45, 7) is 2.40. The number of carbonyl (C=O) groups excluding carboxylic acids is 1. The van der Waals surface area contributed by atoms with E-state index in [2.05, 4.69) is 10.2 Å². The lowest BCUT2D eigenvalue weighted by Gasteiger charge is -2.49. The number of carbonyl (C=O) groups is 1. The van der Waals surface area contributed by atoms with Crippen molar-refractivity contribution in [1.29, 1.82) is 0 Å². The highest BCUT2D eigenvalue weighted by atomic mass is 19.4. The molecule has 0 unspecified atom stereocenters. The fourth-order valence-corrected chi connectivity index (χ4v) is 5.32. The molecule has 0 spiro atoms. The molecule has 0 aromatic heterocycles. The van der Waals surface area contributed by atoms with Gasteiger partial charge in [0.1, 0.15) is 11.6 Å². The lowest BCUT2D eigenvalue weighted by molar-refractivity contribution is -0.137. The van der Waals surface area contributed by atoms with E-state index in [0.29, 0.717) is 43.0 Å². The van der Waals surface area contributed by atoms with Crippen LogP contribution in [0.15, 0.2) is 66.7 Å². The largest absolute Gasteiger partial charge is 0.416 e. The van der Waals surface area contributed by atoms with Crippen LogP contribution >= 0.6 is 0 Å². The van der Waals surface area contributed by atoms with Gasteiger partial charge in [0.2, 0.25) is 5.91 Å². The summed E-state index contributed by atoms with van der Waals surface area (Å²) in [5.41, 5.74) is 2.01. The van der Waals surface area contributed by atoms with Crippen molar-refractivity contribution in [3.8, 4) is 0 Å². The van der Waals surface area contributed by atoms with Crippen molar-refractivity contribution in [3.63, 3.8) is 0 Å². The predicted octanol–water partition coefficient (Wildman–Crippen LogP) is 5.16. The molecule has 5 rings (SSSR count). The molecule has 1 amide bonds. The van der Waals surface area contributed by atoms with Gasteiger partial charge >= 0.3 is 6.18 Å². The summed E-state index contributed by atoms with van der Waals surface area (Å²) in [5.74, 6) is -1.61. The minimum atomic E-state index is -4.48. The van der Waals surface area contributed by atoms with E-state index in [1.165, 1.54) is 30.3 Å². The van der Waals surface area contributed by atoms with Gasteiger partial charge in [-0.3, -0.25) is 9.69 Å². The Morgan fingerprint density at radius 1 is 0.919 bits per heavy atom. The summed E-state index contributed by atoms with van der Waals surface area (Å²) < 4.78 is 67.2. The molecule has 3 aromatic rings. The van der Waals surface area contributed by atoms with E-state index in [1.54, 1.807) is 24.3 Å². The Balaban J connectivity index is 1.40. The highest BCUT2D eigenvalue weighted by molar-refractivity contribution is 5.82. The first-order chi connectivity index (χ1) is 17.7. The molecule has 37 heavy (non-hydrogen) atoms. The molecule has 2 heterocycles. The zero-order chi connectivity index (χ0) is 26.2. The predicted molar refractivity (Wildman–Crippen MR) is 130 cm³/mol. The van der Waals surface area contributed by atoms with Gasteiger partial charge in [0, 0.05) is 38.4 Å². The summed E-state index contributed by atoms with van der Waals surface area (Å²) >= 11 is 0. The highest BCUT2D eigenvalue weighted by Gasteiger charge is 2.42. The van der Waals surface area contributed by atoms with Crippen molar-refractivity contribution < 1.29 is 26.7 Å². The topological polar surface area (TPSA) is 35.6 Å². The number of halogens is 5. The van der Waals surface area contributed by atoms with Crippen LogP contribution in [0.1, 0.15) is 22.3 Å². The van der Waals surface area contributed by atoms with Gasteiger partial charge in [-0.2, -0.15) is 13.2 Å². The third-order valence-electron chi connectivity index (χ3n) is 7.14. The van der Waals surface area contributed by atoms with Crippen LogP contribution in [0.3, 0.4) is 0 Å². The number of nitrogens with zero attached hydrogens (tertiary/aromatic N) is 2. The summed E-state index contributed by atoms with van der Waals surface area (Å²) in [6, 6.07) is 15.6. The first kappa shape index (κ1) is 25.2. The van der Waals surface area contributed by atoms with E-state index in [1.807, 2.05) is 4.90 Å². The van der Waals surface area contributed by atoms with Gasteiger partial charge in [0.05, 0.1) is 17.5 Å². The molecule has 2 atom stereocenters. The molecule has 1 saturated heterocycles. The van der Waals surface area contributed by atoms with Gasteiger partial charge in [-0.1, -0.05) is 24.3 Å². The number of rotatable bonds is 5. The molecule has 0 bridgehead atoms. The molecule has 9 heteroatoms. The zero-order valence-electron chi connectivity index (χ0n) is 19.9. The molecule has 1 N–H and O–H groups in total. The Morgan fingerprint density at radius 3 is 2.43 bits per heavy atom. The van der Waals surface area contributed by atoms with E-state index in [0.717, 1.165) is 17.7 Å². The van der Waals surface area contributed by atoms with Gasteiger partial charge in [-0.05, 0) is 65.6 Å². The van der Waals surface area contributed by atoms with Crippen molar-refractivity contribution >= 4 is 11.6 Å². The van der Waals surface area contributed by atoms with Gasteiger partial charge in [0.15, 0.2) is 0 Å². The molecule has 1 fully saturated rings. The van der Waals surface area contributed by atoms with Crippen LogP contribution in [0.2, 0.25) is 0 Å². The molecule has 3 aromatic carbocycles. The van der Waals surface area contributed by atoms with E-state index in [-0.39, 0.29) is 30.7 Å². The van der Waals surface area contributed by atoms with Crippen LogP contribution in [0.5, 0.6) is 0 Å². The number of nitrogens with one attached hydrogen (secondary N) is 1. The third kappa shape index (κ3) is 5.61. The van der Waals surface area contributed by atoms with Crippen LogP contribution in [-0.2, 0) is 30.5 Å². The molecule has 0 radical (unpaired) electrons. The van der Waals surface area contributed by atoms with Crippen molar-refractivity contribution in [3.05, 3.63) is 101 Å². The van der Waals surface area contributed by atoms with Crippen LogP contribution in [0.25, 0.3) is 0 Å². The first-order valence-corrected chi connectivity index (χ1v) is 12.1. The number of piperazine rings is 1. The summed E-state index contributed by atoms with van der Waals surface area (Å²) in [6.07, 6.45) is -4.31. The lowest BCUT2D eigenvalue weighted by Crippen LogP contribution is -2.60. The SMILES string of the molecule is O=C(NCc1cccc(F)c1)[C@@H]1Cc2cc(C(F)(F)F)ccc2N2CCN(Cc3ccc(F)cc3)C[C@@H]12. The molecule has 2 aliphatic heterocycles. The van der Waals surface area contributed by atoms with Crippen molar-refractivity contribution in [2.45, 2.75) is 31.7 Å². The van der Waals surface area contributed by atoms with Crippen LogP contribution in [0, 0.1) is 17.6 Å². The average Bonchev–Trinajstić information content (AvgIpc) is 2.87. The maximum Gasteiger partial charge on any atom is 0.416 e. The molecule has 2 aliphatic rings. The second-order valence-corrected chi connectivity index (χ2v) is 9.62. The molecule has 194 valence electrons. The van der Waals surface area contributed by atoms with Gasteiger partial charge < -0.3 is 10.2 Å². The van der Waals surface area contributed by atoms with Gasteiger partial charge in [0.25, 0.3) is 0 Å². The maximum atomic E-state index is 13.6. The molecule has 0 saturated carbocycles. The Labute approximate surface area is 211 Å². The number of benzene rings is 3. The maximum absolute atomic E-state index is 13.6. The summed E-state index contributed by atoms with van der Waals surface area (Å²) in [5, 5.41) is 2.86. The fraction of sp³-hybridized carbons (Fsp3) is 0.321. The normalized spacial score (nSPS) is 19.8. The smallest absolute Gasteiger partial charge is 0.365 e. The third-order valence-corrected chi connectivity index (χ3v) is 7.14. The Bertz CT molecular complexity index is 1280. The summed E-state index contributed by atoms with van der Waals surface area (Å²) in [4.78, 5) is 17.6. The zero-order valence-corrected chi connectivity index (χ0v) is 19.9. The quantitative estimate of drug-likeness (QED) is 0.477. The number of hydrogen-bond donors (Lipinski definition) is 1. The van der Waals surface area contributed by atoms with E-state index in [4.69, 9.17) is 0 Å². The van der Waals surface area contributed by atoms with Crippen LogP contribution < -0.4 is 10.2 Å². The van der Waals surface area contributed by atoms with Gasteiger partial charge in [-0.25, -0.2) is 8.78 Å². The van der Waals surface area contributed by atoms with E-state index in [9.17, 15) is 26.7 Å². The van der Waals surface area contributed by atoms with E-state index >= 15 is 0 Å². The second-order valence-electron chi connectivity index (χ2n) is 9.62. The standard InChI is InChI=1S/C28H26F5N3O/c29-22-7-4-18(5-8-22)16-35-10-11-36-25-9-6-21(28(31,32)33)13-20(25)14-24(26(36)17-35)27(37)34-15-19-2-1-3-23(30)12-19/h1-9,12-13,24,26H,10-11,14-17H2,(H,34,37)/t24-,26+/m1/s1. The van der Waals surface area contributed by atoms with Crippen molar-refractivity contribution in [1.82, 2.24) is 10.2 Å². The Kier molecular flexibility index (Phi) is 6.90. The molecular weight excluding hydrogens is 489 g/mol. The minimum Gasteiger partial charge on any atom is -0.365 e. The average molecular weight is 516 g/mol. The highest BCUT2D eigenvalue weighted by Crippen LogP contribution is 2.40. The van der Waals surface area contributed by atoms with Gasteiger partial charge in [-0.15, -0.1) is 0 Å². The fourth-order valence-electron chi connectivity index (χ4n) is 5.32. The van der Waals surface area contributed by atoms with Crippen LogP contribution in [-0.4, -0.2) is 36.5 Å². The first-order valence-electron chi connectivity index (χ1n) is 12.1. The molecule has 0 aliphatic carbocycles. The molecular formula is C28H26F5N3O. The number of hydrogen-bond acceptors (Lipinski definition) is 3. The molecule has 4 nitrogen and oxygen atoms in total. The lowest BCUT2D eigenvalue weighted by atomic mass is 9.82. The summed E-state index contributed by atoms with van der Waals surface area (Å²) in [7, 11) is 0. The number of alkyl halides is 3. The van der Waals surface area contributed by atoms with Crippen molar-refractivity contribution in [2.24, 2.45) is 5.92 Å². The monoisotopic (exact) mass is 515 g/mol.